The second-order valence-corrected chi connectivity index (χ2v) is 14.9. The highest BCUT2D eigenvalue weighted by atomic mass is 35.5. The van der Waals surface area contributed by atoms with Crippen LogP contribution in [0.5, 0.6) is 0 Å². The van der Waals surface area contributed by atoms with Crippen molar-refractivity contribution in [3.63, 3.8) is 0 Å². The van der Waals surface area contributed by atoms with Gasteiger partial charge in [0.05, 0.1) is 24.6 Å². The molecule has 0 spiro atoms. The van der Waals surface area contributed by atoms with Gasteiger partial charge >= 0.3 is 0 Å². The molecule has 7 heteroatoms. The maximum Gasteiger partial charge on any atom is 0.228 e. The molecule has 4 atom stereocenters. The van der Waals surface area contributed by atoms with Gasteiger partial charge in [-0.1, -0.05) is 51.4 Å². The molecule has 2 heterocycles. The molecule has 0 radical (unpaired) electrons. The van der Waals surface area contributed by atoms with Crippen molar-refractivity contribution in [2.45, 2.75) is 110 Å². The van der Waals surface area contributed by atoms with E-state index in [-0.39, 0.29) is 53.9 Å². The van der Waals surface area contributed by atoms with Crippen LogP contribution in [0.2, 0.25) is 5.02 Å². The van der Waals surface area contributed by atoms with Crippen LogP contribution < -0.4 is 0 Å². The smallest absolute Gasteiger partial charge is 0.228 e. The first-order valence-corrected chi connectivity index (χ1v) is 15.3. The SMILES string of the molecule is CC1CCC(N(C(=O)C(C)(C)C)[C@H]2C[C@@H](CO)N(C(=O)C3CN(C(C)(C)C)C[C@H]3c3ccc(Cl)cc3)C2)CC1. The number of nitrogens with zero attached hydrogens (tertiary/aromatic N) is 3. The van der Waals surface area contributed by atoms with Gasteiger partial charge in [-0.15, -0.1) is 0 Å². The van der Waals surface area contributed by atoms with Crippen LogP contribution in [0.3, 0.4) is 0 Å². The summed E-state index contributed by atoms with van der Waals surface area (Å²) in [6.45, 7) is 16.8. The molecule has 2 amide bonds. The lowest BCUT2D eigenvalue weighted by atomic mass is 9.84. The van der Waals surface area contributed by atoms with Crippen LogP contribution in [0.1, 0.15) is 92.1 Å². The lowest BCUT2D eigenvalue weighted by Crippen LogP contribution is -2.53. The standard InChI is InChI=1S/C32H50ClN3O3/c1-21-8-14-24(15-9-21)36(30(39)31(2,3)4)25-16-26(20-37)35(17-25)29(38)28-19-34(32(5,6)7)18-27(28)22-10-12-23(33)13-11-22/h10-13,21,24-28,37H,8-9,14-20H2,1-7H3/t21?,24?,25-,26-,27-,28?/m0/s1. The molecule has 1 N–H and O–H groups in total. The van der Waals surface area contributed by atoms with Crippen LogP contribution in [0.15, 0.2) is 24.3 Å². The van der Waals surface area contributed by atoms with Gasteiger partial charge in [-0.05, 0) is 76.5 Å². The molecule has 3 fully saturated rings. The predicted octanol–water partition coefficient (Wildman–Crippen LogP) is 5.57. The summed E-state index contributed by atoms with van der Waals surface area (Å²) < 4.78 is 0. The van der Waals surface area contributed by atoms with Gasteiger partial charge in [0.15, 0.2) is 0 Å². The van der Waals surface area contributed by atoms with E-state index in [9.17, 15) is 14.7 Å². The van der Waals surface area contributed by atoms with E-state index in [2.05, 4.69) is 37.5 Å². The Labute approximate surface area is 241 Å². The number of amides is 2. The van der Waals surface area contributed by atoms with Crippen LogP contribution in [0.25, 0.3) is 0 Å². The van der Waals surface area contributed by atoms with Gasteiger partial charge in [0.1, 0.15) is 0 Å². The van der Waals surface area contributed by atoms with Gasteiger partial charge in [-0.2, -0.15) is 0 Å². The van der Waals surface area contributed by atoms with Crippen molar-refractivity contribution in [3.8, 4) is 0 Å². The zero-order chi connectivity index (χ0) is 28.7. The molecule has 4 rings (SSSR count). The summed E-state index contributed by atoms with van der Waals surface area (Å²) in [5.74, 6) is 0.804. The Kier molecular flexibility index (Phi) is 9.10. The van der Waals surface area contributed by atoms with E-state index < -0.39 is 5.41 Å². The molecule has 218 valence electrons. The van der Waals surface area contributed by atoms with Gasteiger partial charge in [0, 0.05) is 47.6 Å². The molecule has 1 aromatic carbocycles. The second-order valence-electron chi connectivity index (χ2n) is 14.4. The number of carbonyl (C=O) groups excluding carboxylic acids is 2. The number of halogens is 1. The number of carbonyl (C=O) groups is 2. The zero-order valence-electron chi connectivity index (χ0n) is 25.1. The third kappa shape index (κ3) is 6.65. The average Bonchev–Trinajstić information content (AvgIpc) is 3.50. The van der Waals surface area contributed by atoms with Crippen LogP contribution in [-0.2, 0) is 9.59 Å². The monoisotopic (exact) mass is 559 g/mol. The Bertz CT molecular complexity index is 1010. The van der Waals surface area contributed by atoms with E-state index in [1.807, 2.05) is 49.9 Å². The molecule has 2 saturated heterocycles. The molecule has 3 aliphatic rings. The third-order valence-corrected chi connectivity index (χ3v) is 9.67. The maximum atomic E-state index is 14.4. The molecule has 6 nitrogen and oxygen atoms in total. The van der Waals surface area contributed by atoms with E-state index in [4.69, 9.17) is 11.6 Å². The molecular weight excluding hydrogens is 510 g/mol. The van der Waals surface area contributed by atoms with Gasteiger partial charge in [-0.25, -0.2) is 0 Å². The van der Waals surface area contributed by atoms with Crippen molar-refractivity contribution < 1.29 is 14.7 Å². The molecule has 1 aliphatic carbocycles. The Hall–Kier alpha value is -1.63. The van der Waals surface area contributed by atoms with E-state index in [0.717, 1.165) is 37.8 Å². The van der Waals surface area contributed by atoms with E-state index in [1.165, 1.54) is 0 Å². The molecule has 0 bridgehead atoms. The summed E-state index contributed by atoms with van der Waals surface area (Å²) in [4.78, 5) is 34.6. The van der Waals surface area contributed by atoms with Crippen molar-refractivity contribution in [1.29, 1.82) is 0 Å². The molecule has 0 aromatic heterocycles. The topological polar surface area (TPSA) is 64.1 Å². The highest BCUT2D eigenvalue weighted by Crippen LogP contribution is 2.40. The molecule has 1 saturated carbocycles. The normalized spacial score (nSPS) is 30.5. The minimum atomic E-state index is -0.493. The Morgan fingerprint density at radius 2 is 1.56 bits per heavy atom. The zero-order valence-corrected chi connectivity index (χ0v) is 25.9. The fourth-order valence-electron chi connectivity index (χ4n) is 6.94. The van der Waals surface area contributed by atoms with Crippen molar-refractivity contribution in [2.24, 2.45) is 17.3 Å². The van der Waals surface area contributed by atoms with Crippen LogP contribution >= 0.6 is 11.6 Å². The van der Waals surface area contributed by atoms with Crippen molar-refractivity contribution >= 4 is 23.4 Å². The Balaban J connectivity index is 1.61. The summed E-state index contributed by atoms with van der Waals surface area (Å²) in [5.41, 5.74) is 0.576. The van der Waals surface area contributed by atoms with Crippen molar-refractivity contribution in [1.82, 2.24) is 14.7 Å². The number of aliphatic hydroxyl groups excluding tert-OH is 1. The Morgan fingerprint density at radius 3 is 2.10 bits per heavy atom. The summed E-state index contributed by atoms with van der Waals surface area (Å²) >= 11 is 6.19. The fourth-order valence-corrected chi connectivity index (χ4v) is 7.06. The number of benzene rings is 1. The van der Waals surface area contributed by atoms with Crippen molar-refractivity contribution in [3.05, 3.63) is 34.9 Å². The van der Waals surface area contributed by atoms with Crippen LogP contribution in [0.4, 0.5) is 0 Å². The lowest BCUT2D eigenvalue weighted by molar-refractivity contribution is -0.146. The number of aliphatic hydroxyl groups is 1. The average molecular weight is 560 g/mol. The lowest BCUT2D eigenvalue weighted by Gasteiger charge is -2.42. The van der Waals surface area contributed by atoms with Gasteiger partial charge < -0.3 is 14.9 Å². The first-order valence-electron chi connectivity index (χ1n) is 14.9. The number of hydrogen-bond donors (Lipinski definition) is 1. The first-order chi connectivity index (χ1) is 18.2. The summed E-state index contributed by atoms with van der Waals surface area (Å²) in [6, 6.07) is 7.77. The first kappa shape index (κ1) is 30.3. The molecule has 1 aromatic rings. The van der Waals surface area contributed by atoms with Gasteiger partial charge in [-0.3, -0.25) is 14.5 Å². The predicted molar refractivity (Wildman–Crippen MR) is 158 cm³/mol. The largest absolute Gasteiger partial charge is 0.394 e. The van der Waals surface area contributed by atoms with Gasteiger partial charge in [0.25, 0.3) is 0 Å². The maximum absolute atomic E-state index is 14.4. The molecule has 2 aliphatic heterocycles. The summed E-state index contributed by atoms with van der Waals surface area (Å²) in [6.07, 6.45) is 4.92. The minimum Gasteiger partial charge on any atom is -0.394 e. The van der Waals surface area contributed by atoms with E-state index >= 15 is 0 Å². The van der Waals surface area contributed by atoms with Crippen molar-refractivity contribution in [2.75, 3.05) is 26.2 Å². The fraction of sp³-hybridized carbons (Fsp3) is 0.750. The quantitative estimate of drug-likeness (QED) is 0.512. The Morgan fingerprint density at radius 1 is 0.949 bits per heavy atom. The summed E-state index contributed by atoms with van der Waals surface area (Å²) in [5, 5.41) is 11.1. The number of hydrogen-bond acceptors (Lipinski definition) is 4. The van der Waals surface area contributed by atoms with Gasteiger partial charge in [0.2, 0.25) is 11.8 Å². The molecule has 1 unspecified atom stereocenters. The number of likely N-dealkylation sites (tertiary alicyclic amines) is 2. The minimum absolute atomic E-state index is 0.0551. The van der Waals surface area contributed by atoms with E-state index in [1.54, 1.807) is 0 Å². The highest BCUT2D eigenvalue weighted by Gasteiger charge is 2.49. The van der Waals surface area contributed by atoms with E-state index in [0.29, 0.717) is 30.5 Å². The molecule has 39 heavy (non-hydrogen) atoms. The third-order valence-electron chi connectivity index (χ3n) is 9.42. The van der Waals surface area contributed by atoms with Crippen LogP contribution in [0, 0.1) is 17.3 Å². The summed E-state index contributed by atoms with van der Waals surface area (Å²) in [7, 11) is 0. The highest BCUT2D eigenvalue weighted by molar-refractivity contribution is 6.30. The van der Waals surface area contributed by atoms with Crippen LogP contribution in [-0.4, -0.2) is 81.5 Å². The second kappa shape index (κ2) is 11.7. The number of rotatable bonds is 5. The molecular formula is C32H50ClN3O3.